The number of allylic oxidation sites excluding steroid dienone is 1. The van der Waals surface area contributed by atoms with Crippen molar-refractivity contribution < 1.29 is 53.5 Å². The van der Waals surface area contributed by atoms with E-state index < -0.39 is 62.2 Å². The number of carbonyl (C=O) groups excluding carboxylic acids is 1. The van der Waals surface area contributed by atoms with Gasteiger partial charge in [0.1, 0.15) is 27.8 Å². The highest BCUT2D eigenvalue weighted by atomic mass is 32.2. The first-order valence-corrected chi connectivity index (χ1v) is 19.3. The number of anilines is 1. The fourth-order valence-electron chi connectivity index (χ4n) is 4.94. The molecule has 0 bridgehead atoms. The number of hydrogen-bond donors (Lipinski definition) is 6. The molecule has 5 rings (SSSR count). The highest BCUT2D eigenvalue weighted by Crippen LogP contribution is 2.44. The Morgan fingerprint density at radius 2 is 1.37 bits per heavy atom. The number of fused-ring (bicyclic) bond motifs is 2. The van der Waals surface area contributed by atoms with Crippen LogP contribution in [0.25, 0.3) is 21.5 Å². The van der Waals surface area contributed by atoms with Crippen molar-refractivity contribution in [2.45, 2.75) is 14.7 Å². The molecule has 280 valence electrons. The van der Waals surface area contributed by atoms with Crippen molar-refractivity contribution in [1.82, 2.24) is 5.32 Å². The molecule has 0 aliphatic carbocycles. The summed E-state index contributed by atoms with van der Waals surface area (Å²) in [4.78, 5) is 10.1. The van der Waals surface area contributed by atoms with Crippen LogP contribution in [0, 0.1) is 0 Å². The summed E-state index contributed by atoms with van der Waals surface area (Å²) < 4.78 is 107. The second-order valence-electron chi connectivity index (χ2n) is 11.1. The van der Waals surface area contributed by atoms with Crippen LogP contribution in [0.5, 0.6) is 5.75 Å². The van der Waals surface area contributed by atoms with Crippen molar-refractivity contribution in [2.75, 3.05) is 18.9 Å². The predicted molar refractivity (Wildman–Crippen MR) is 196 cm³/mol. The number of rotatable bonds is 13. The van der Waals surface area contributed by atoms with Gasteiger partial charge >= 0.3 is 0 Å². The Kier molecular flexibility index (Phi) is 10.9. The van der Waals surface area contributed by atoms with Gasteiger partial charge in [0.15, 0.2) is 5.75 Å². The molecular formula is C33H28N6O12S3. The van der Waals surface area contributed by atoms with Gasteiger partial charge in [-0.05, 0) is 78.2 Å². The van der Waals surface area contributed by atoms with E-state index in [4.69, 9.17) is 10.5 Å². The maximum atomic E-state index is 12.4. The molecular weight excluding hydrogens is 769 g/mol. The molecule has 18 nitrogen and oxygen atoms in total. The number of phenolic OH excluding ortho intramolecular Hbond substituents is 1. The molecule has 1 amide bonds. The van der Waals surface area contributed by atoms with E-state index in [0.717, 1.165) is 30.3 Å². The molecule has 0 saturated carbocycles. The lowest BCUT2D eigenvalue weighted by molar-refractivity contribution is 0.0940. The Morgan fingerprint density at radius 1 is 0.759 bits per heavy atom. The van der Waals surface area contributed by atoms with Crippen molar-refractivity contribution >= 4 is 86.2 Å². The number of nitrogens with two attached hydrogens (primary N) is 1. The van der Waals surface area contributed by atoms with Crippen LogP contribution < -0.4 is 11.1 Å². The molecule has 0 radical (unpaired) electrons. The van der Waals surface area contributed by atoms with E-state index in [1.54, 1.807) is 0 Å². The maximum Gasteiger partial charge on any atom is 0.296 e. The quantitative estimate of drug-likeness (QED) is 0.0191. The third kappa shape index (κ3) is 8.74. The molecule has 0 heterocycles. The summed E-state index contributed by atoms with van der Waals surface area (Å²) in [7, 11) is -14.8. The second kappa shape index (κ2) is 15.1. The Bertz CT molecular complexity index is 2770. The molecule has 0 unspecified atom stereocenters. The largest absolute Gasteiger partial charge is 0.505 e. The molecule has 0 fully saturated rings. The smallest absolute Gasteiger partial charge is 0.296 e. The van der Waals surface area contributed by atoms with Crippen LogP contribution in [0.2, 0.25) is 0 Å². The zero-order valence-corrected chi connectivity index (χ0v) is 29.9. The zero-order valence-electron chi connectivity index (χ0n) is 27.5. The third-order valence-corrected chi connectivity index (χ3v) is 10.2. The number of amides is 1. The number of aromatic hydroxyl groups is 1. The van der Waals surface area contributed by atoms with Crippen molar-refractivity contribution in [3.8, 4) is 5.75 Å². The van der Waals surface area contributed by atoms with E-state index in [1.807, 2.05) is 0 Å². The van der Waals surface area contributed by atoms with Crippen LogP contribution in [0.1, 0.15) is 10.4 Å². The maximum absolute atomic E-state index is 12.4. The topological polar surface area (TPSA) is 297 Å². The van der Waals surface area contributed by atoms with Gasteiger partial charge in [-0.15, -0.1) is 15.3 Å². The van der Waals surface area contributed by atoms with Gasteiger partial charge in [-0.1, -0.05) is 19.2 Å². The van der Waals surface area contributed by atoms with Crippen molar-refractivity contribution in [3.63, 3.8) is 0 Å². The molecule has 0 saturated heterocycles. The highest BCUT2D eigenvalue weighted by Gasteiger charge is 2.25. The Hall–Kier alpha value is -6.10. The first-order chi connectivity index (χ1) is 25.3. The van der Waals surface area contributed by atoms with Gasteiger partial charge in [-0.2, -0.15) is 30.4 Å². The average Bonchev–Trinajstić information content (AvgIpc) is 3.10. The van der Waals surface area contributed by atoms with Crippen molar-refractivity contribution in [1.29, 1.82) is 0 Å². The summed E-state index contributed by atoms with van der Waals surface area (Å²) in [6, 6.07) is 14.6. The summed E-state index contributed by atoms with van der Waals surface area (Å²) in [6.45, 7) is 7.54. The summed E-state index contributed by atoms with van der Waals surface area (Å²) in [5.41, 5.74) is 5.12. The minimum Gasteiger partial charge on any atom is -0.505 e. The van der Waals surface area contributed by atoms with Crippen LogP contribution in [0.4, 0.5) is 28.4 Å². The summed E-state index contributed by atoms with van der Waals surface area (Å²) in [6.07, 6.45) is 1.44. The van der Waals surface area contributed by atoms with Crippen LogP contribution in [0.15, 0.2) is 133 Å². The summed E-state index contributed by atoms with van der Waals surface area (Å²) in [5, 5.41) is 29.7. The predicted octanol–water partition coefficient (Wildman–Crippen LogP) is 6.30. The molecule has 0 atom stereocenters. The normalized spacial score (nSPS) is 12.4. The lowest BCUT2D eigenvalue weighted by atomic mass is 10.1. The number of carbonyl (C=O) groups is 1. The van der Waals surface area contributed by atoms with Crippen molar-refractivity contribution in [2.24, 2.45) is 20.5 Å². The Balaban J connectivity index is 1.53. The fraction of sp³-hybridized carbons (Fsp3) is 0.0606. The number of ether oxygens (including phenoxy) is 1. The molecule has 54 heavy (non-hydrogen) atoms. The van der Waals surface area contributed by atoms with Crippen LogP contribution in [-0.2, 0) is 35.1 Å². The monoisotopic (exact) mass is 796 g/mol. The first-order valence-electron chi connectivity index (χ1n) is 15.0. The second-order valence-corrected chi connectivity index (χ2v) is 15.3. The first kappa shape index (κ1) is 39.1. The minimum absolute atomic E-state index is 0.00807. The molecule has 5 aromatic carbocycles. The number of azo groups is 2. The minimum atomic E-state index is -5.17. The number of benzene rings is 5. The highest BCUT2D eigenvalue weighted by molar-refractivity contribution is 7.86. The molecule has 7 N–H and O–H groups in total. The molecule has 21 heteroatoms. The van der Waals surface area contributed by atoms with E-state index in [-0.39, 0.29) is 52.0 Å². The van der Waals surface area contributed by atoms with E-state index in [2.05, 4.69) is 38.9 Å². The van der Waals surface area contributed by atoms with Gasteiger partial charge < -0.3 is 20.9 Å². The van der Waals surface area contributed by atoms with E-state index >= 15 is 0 Å². The van der Waals surface area contributed by atoms with Crippen LogP contribution in [0.3, 0.4) is 0 Å². The van der Waals surface area contributed by atoms with E-state index in [0.29, 0.717) is 17.0 Å². The van der Waals surface area contributed by atoms with Gasteiger partial charge in [0.05, 0.1) is 34.2 Å². The number of hydrogen-bond acceptors (Lipinski definition) is 14. The van der Waals surface area contributed by atoms with Gasteiger partial charge in [-0.25, -0.2) is 0 Å². The molecule has 0 aromatic heterocycles. The number of phenols is 1. The average molecular weight is 797 g/mol. The zero-order chi connectivity index (χ0) is 39.6. The number of nitrogens with zero attached hydrogens (tertiary/aromatic N) is 4. The van der Waals surface area contributed by atoms with Gasteiger partial charge in [0, 0.05) is 21.7 Å². The number of nitrogen functional groups attached to an aromatic ring is 1. The van der Waals surface area contributed by atoms with Gasteiger partial charge in [0.2, 0.25) is 0 Å². The van der Waals surface area contributed by atoms with Crippen molar-refractivity contribution in [3.05, 3.63) is 103 Å². The number of nitrogens with one attached hydrogen (secondary N) is 1. The van der Waals surface area contributed by atoms with Crippen LogP contribution >= 0.6 is 0 Å². The molecule has 0 aliphatic rings. The Labute approximate surface area is 307 Å². The molecule has 5 aromatic rings. The van der Waals surface area contributed by atoms with E-state index in [9.17, 15) is 48.8 Å². The fourth-order valence-corrected chi connectivity index (χ4v) is 6.74. The standard InChI is InChI=1S/C33H28N6O12S3/c1-3-18(2)51-13-12-35-33(41)19-4-6-21(7-5-19)36-37-27-10-11-28(25-16-22(52(42,43)44)8-9-23(25)27)38-39-31-30(54(48,49)50)15-20-14-29(53(45,46)47)26(34)17-24(20)32(31)40/h3-11,14-17,40H,1-2,12-13,34H2,(H,35,41)(H,42,43,44)(H,45,46,47)(H,48,49,50)/b37-36+,39-38+. The lowest BCUT2D eigenvalue weighted by Crippen LogP contribution is -2.27. The van der Waals surface area contributed by atoms with Crippen LogP contribution in [-0.4, -0.2) is 63.1 Å². The van der Waals surface area contributed by atoms with Gasteiger partial charge in [-0.3, -0.25) is 18.5 Å². The lowest BCUT2D eigenvalue weighted by Gasteiger charge is -2.11. The Morgan fingerprint density at radius 3 is 1.98 bits per heavy atom. The summed E-state index contributed by atoms with van der Waals surface area (Å²) >= 11 is 0. The molecule has 0 spiro atoms. The SMILES string of the molecule is C=CC(=C)OCCNC(=O)c1ccc(/N=N/c2ccc(/N=N/c3c(S(=O)(=O)O)cc4cc(S(=O)(=O)O)c(N)cc4c3O)c3cc(S(=O)(=O)O)ccc23)cc1. The third-order valence-electron chi connectivity index (χ3n) is 7.54. The van der Waals surface area contributed by atoms with Gasteiger partial charge in [0.25, 0.3) is 36.3 Å². The summed E-state index contributed by atoms with van der Waals surface area (Å²) in [5.74, 6) is -0.902. The molecule has 0 aliphatic heterocycles. The van der Waals surface area contributed by atoms with E-state index in [1.165, 1.54) is 48.5 Å².